The van der Waals surface area contributed by atoms with Gasteiger partial charge in [-0.15, -0.1) is 0 Å². The van der Waals surface area contributed by atoms with E-state index in [1.807, 2.05) is 13.0 Å². The van der Waals surface area contributed by atoms with Gasteiger partial charge in [0.2, 0.25) is 0 Å². The highest BCUT2D eigenvalue weighted by Gasteiger charge is 2.37. The second-order valence-electron chi connectivity index (χ2n) is 8.86. The van der Waals surface area contributed by atoms with Crippen molar-refractivity contribution in [2.75, 3.05) is 5.32 Å². The Kier molecular flexibility index (Phi) is 8.00. The number of pyridine rings is 1. The summed E-state index contributed by atoms with van der Waals surface area (Å²) in [6, 6.07) is 5.21. The monoisotopic (exact) mass is 535 g/mol. The standard InChI is InChI=1S/C26H23F6N5O/c1-13-11-35-23(22(14(13)2)24(38)37-21-6-5-17(10-33)12-34-21)16(4)36-15(3)18-7-19(25(27,28)29)9-20(8-18)26(30,31)32/h5-9,11-14,16,36H,3H2,1-2,4H3,(H,34,37,38). The Morgan fingerprint density at radius 1 is 1.08 bits per heavy atom. The van der Waals surface area contributed by atoms with Crippen LogP contribution in [0.25, 0.3) is 5.70 Å². The van der Waals surface area contributed by atoms with E-state index in [0.717, 1.165) is 0 Å². The number of benzene rings is 1. The molecule has 0 radical (unpaired) electrons. The number of aromatic nitrogens is 1. The molecule has 2 heterocycles. The van der Waals surface area contributed by atoms with Gasteiger partial charge in [0.15, 0.2) is 0 Å². The molecule has 0 spiro atoms. The van der Waals surface area contributed by atoms with Gasteiger partial charge in [-0.05, 0) is 54.7 Å². The van der Waals surface area contributed by atoms with Crippen molar-refractivity contribution in [3.8, 4) is 6.07 Å². The maximum atomic E-state index is 13.3. The molecule has 3 unspecified atom stereocenters. The molecule has 1 aromatic carbocycles. The van der Waals surface area contributed by atoms with Gasteiger partial charge in [0.05, 0.1) is 28.4 Å². The van der Waals surface area contributed by atoms with Gasteiger partial charge in [-0.2, -0.15) is 31.6 Å². The van der Waals surface area contributed by atoms with Gasteiger partial charge in [-0.1, -0.05) is 20.4 Å². The summed E-state index contributed by atoms with van der Waals surface area (Å²) < 4.78 is 79.7. The summed E-state index contributed by atoms with van der Waals surface area (Å²) in [4.78, 5) is 21.6. The Morgan fingerprint density at radius 2 is 1.68 bits per heavy atom. The lowest BCUT2D eigenvalue weighted by molar-refractivity contribution is -0.143. The summed E-state index contributed by atoms with van der Waals surface area (Å²) in [6.45, 7) is 8.83. The number of carbonyl (C=O) groups is 1. The molecule has 3 rings (SSSR count). The molecule has 38 heavy (non-hydrogen) atoms. The summed E-state index contributed by atoms with van der Waals surface area (Å²) in [7, 11) is 0. The molecule has 1 aliphatic heterocycles. The molecule has 3 atom stereocenters. The summed E-state index contributed by atoms with van der Waals surface area (Å²) in [5.74, 6) is -0.819. The van der Waals surface area contributed by atoms with Crippen molar-refractivity contribution in [1.29, 1.82) is 5.26 Å². The molecule has 2 N–H and O–H groups in total. The molecule has 200 valence electrons. The van der Waals surface area contributed by atoms with Gasteiger partial charge in [0, 0.05) is 23.7 Å². The number of carbonyl (C=O) groups excluding carboxylic acids is 1. The predicted octanol–water partition coefficient (Wildman–Crippen LogP) is 6.19. The van der Waals surface area contributed by atoms with E-state index in [9.17, 15) is 31.1 Å². The lowest BCUT2D eigenvalue weighted by Crippen LogP contribution is -2.34. The van der Waals surface area contributed by atoms with Gasteiger partial charge < -0.3 is 10.6 Å². The Balaban J connectivity index is 1.93. The molecule has 1 aromatic heterocycles. The minimum atomic E-state index is -5.01. The number of amides is 1. The van der Waals surface area contributed by atoms with E-state index in [1.165, 1.54) is 18.3 Å². The summed E-state index contributed by atoms with van der Waals surface area (Å²) in [5.41, 5.74) is -2.75. The molecule has 1 aliphatic rings. The third kappa shape index (κ3) is 6.40. The number of nitrogens with zero attached hydrogens (tertiary/aromatic N) is 3. The minimum Gasteiger partial charge on any atom is -0.377 e. The van der Waals surface area contributed by atoms with E-state index >= 15 is 0 Å². The fourth-order valence-corrected chi connectivity index (χ4v) is 3.82. The van der Waals surface area contributed by atoms with Crippen LogP contribution in [0.5, 0.6) is 0 Å². The van der Waals surface area contributed by atoms with Crippen LogP contribution in [0, 0.1) is 23.2 Å². The van der Waals surface area contributed by atoms with E-state index in [2.05, 4.69) is 27.2 Å². The van der Waals surface area contributed by atoms with Gasteiger partial charge in [-0.25, -0.2) is 4.98 Å². The lowest BCUT2D eigenvalue weighted by atomic mass is 9.84. The summed E-state index contributed by atoms with van der Waals surface area (Å²) in [5, 5.41) is 14.3. The number of nitriles is 1. The Bertz CT molecular complexity index is 1300. The first-order valence-electron chi connectivity index (χ1n) is 11.3. The van der Waals surface area contributed by atoms with Gasteiger partial charge >= 0.3 is 12.4 Å². The van der Waals surface area contributed by atoms with Crippen LogP contribution in [0.2, 0.25) is 0 Å². The number of nitrogens with one attached hydrogen (secondary N) is 2. The molecule has 0 aliphatic carbocycles. The molecular weight excluding hydrogens is 512 g/mol. The number of halogens is 6. The summed E-state index contributed by atoms with van der Waals surface area (Å²) in [6.07, 6.45) is -7.11. The molecular formula is C26H23F6N5O. The van der Waals surface area contributed by atoms with Crippen molar-refractivity contribution in [3.63, 3.8) is 0 Å². The minimum absolute atomic E-state index is 0.0386. The van der Waals surface area contributed by atoms with Crippen molar-refractivity contribution in [2.45, 2.75) is 39.2 Å². The zero-order valence-electron chi connectivity index (χ0n) is 20.5. The third-order valence-corrected chi connectivity index (χ3v) is 6.08. The number of hydrogen-bond acceptors (Lipinski definition) is 5. The van der Waals surface area contributed by atoms with Crippen LogP contribution in [0.3, 0.4) is 0 Å². The van der Waals surface area contributed by atoms with Gasteiger partial charge in [0.25, 0.3) is 5.91 Å². The van der Waals surface area contributed by atoms with Crippen LogP contribution in [-0.2, 0) is 17.1 Å². The molecule has 0 bridgehead atoms. The average molecular weight is 535 g/mol. The Labute approximate surface area is 214 Å². The Hall–Kier alpha value is -4.14. The number of anilines is 1. The van der Waals surface area contributed by atoms with Gasteiger partial charge in [-0.3, -0.25) is 9.79 Å². The maximum Gasteiger partial charge on any atom is 0.416 e. The molecule has 6 nitrogen and oxygen atoms in total. The second kappa shape index (κ2) is 10.7. The number of rotatable bonds is 6. The van der Waals surface area contributed by atoms with Crippen LogP contribution in [-0.4, -0.2) is 23.1 Å². The molecule has 0 fully saturated rings. The first kappa shape index (κ1) is 28.4. The van der Waals surface area contributed by atoms with E-state index in [-0.39, 0.29) is 40.7 Å². The SMILES string of the molecule is C=C(NC(C)C1=C(C(=O)Nc2ccc(C#N)cn2)C(C)C(C)C=N1)c1cc(C(F)(F)F)cc(C(F)(F)F)c1. The van der Waals surface area contributed by atoms with E-state index in [0.29, 0.717) is 17.7 Å². The van der Waals surface area contributed by atoms with Crippen molar-refractivity contribution < 1.29 is 31.1 Å². The largest absolute Gasteiger partial charge is 0.416 e. The van der Waals surface area contributed by atoms with E-state index in [1.54, 1.807) is 20.1 Å². The molecule has 0 saturated heterocycles. The predicted molar refractivity (Wildman–Crippen MR) is 130 cm³/mol. The van der Waals surface area contributed by atoms with Crippen LogP contribution >= 0.6 is 0 Å². The number of hydrogen-bond donors (Lipinski definition) is 2. The molecule has 1 amide bonds. The number of alkyl halides is 6. The normalized spacial score (nSPS) is 18.5. The highest BCUT2D eigenvalue weighted by atomic mass is 19.4. The Morgan fingerprint density at radius 3 is 2.18 bits per heavy atom. The first-order chi connectivity index (χ1) is 17.6. The zero-order chi connectivity index (χ0) is 28.4. The molecule has 2 aromatic rings. The zero-order valence-corrected chi connectivity index (χ0v) is 20.5. The van der Waals surface area contributed by atoms with Crippen LogP contribution in [0.1, 0.15) is 43.0 Å². The lowest BCUT2D eigenvalue weighted by Gasteiger charge is -2.29. The smallest absolute Gasteiger partial charge is 0.377 e. The van der Waals surface area contributed by atoms with Crippen molar-refractivity contribution in [2.24, 2.45) is 16.8 Å². The fraction of sp³-hybridized carbons (Fsp3) is 0.308. The van der Waals surface area contributed by atoms with Crippen LogP contribution < -0.4 is 10.6 Å². The maximum absolute atomic E-state index is 13.3. The highest BCUT2D eigenvalue weighted by molar-refractivity contribution is 6.05. The highest BCUT2D eigenvalue weighted by Crippen LogP contribution is 2.37. The second-order valence-corrected chi connectivity index (χ2v) is 8.86. The topological polar surface area (TPSA) is 90.2 Å². The van der Waals surface area contributed by atoms with Crippen molar-refractivity contribution in [1.82, 2.24) is 10.3 Å². The quantitative estimate of drug-likeness (QED) is 0.432. The third-order valence-electron chi connectivity index (χ3n) is 6.08. The molecule has 0 saturated carbocycles. The van der Waals surface area contributed by atoms with E-state index < -0.39 is 41.0 Å². The van der Waals surface area contributed by atoms with E-state index in [4.69, 9.17) is 5.26 Å². The number of aliphatic imine (C=N–C) groups is 1. The molecule has 12 heteroatoms. The van der Waals surface area contributed by atoms with Crippen LogP contribution in [0.15, 0.2) is 59.4 Å². The summed E-state index contributed by atoms with van der Waals surface area (Å²) >= 11 is 0. The fourth-order valence-electron chi connectivity index (χ4n) is 3.82. The first-order valence-corrected chi connectivity index (χ1v) is 11.3. The van der Waals surface area contributed by atoms with Crippen LogP contribution in [0.4, 0.5) is 32.2 Å². The average Bonchev–Trinajstić information content (AvgIpc) is 2.84. The van der Waals surface area contributed by atoms with Crippen molar-refractivity contribution in [3.05, 3.63) is 76.6 Å². The van der Waals surface area contributed by atoms with Crippen molar-refractivity contribution >= 4 is 23.6 Å². The van der Waals surface area contributed by atoms with Gasteiger partial charge in [0.1, 0.15) is 11.9 Å².